The molecule has 0 saturated heterocycles. The van der Waals surface area contributed by atoms with Crippen LogP contribution in [0.4, 0.5) is 4.39 Å². The van der Waals surface area contributed by atoms with Crippen molar-refractivity contribution in [3.05, 3.63) is 23.8 Å². The van der Waals surface area contributed by atoms with Crippen LogP contribution in [0.1, 0.15) is 5.56 Å². The first kappa shape index (κ1) is 10.2. The number of hydrogen-bond donors (Lipinski definition) is 1. The van der Waals surface area contributed by atoms with Gasteiger partial charge in [0.2, 0.25) is 6.79 Å². The van der Waals surface area contributed by atoms with Crippen LogP contribution in [0.5, 0.6) is 11.5 Å². The summed E-state index contributed by atoms with van der Waals surface area (Å²) >= 11 is 0. The fourth-order valence-electron chi connectivity index (χ4n) is 1.52. The van der Waals surface area contributed by atoms with E-state index in [1.54, 1.807) is 0 Å². The van der Waals surface area contributed by atoms with E-state index in [2.05, 4.69) is 5.32 Å². The standard InChI is InChI=1S/C11H14FNO2/c12-4-6-13-5-3-9-1-2-10-11(7-9)15-8-14-10/h1-2,7,13H,3-6,8H2. The zero-order valence-electron chi connectivity index (χ0n) is 8.46. The Hall–Kier alpha value is -1.29. The third-order valence-corrected chi connectivity index (χ3v) is 2.30. The van der Waals surface area contributed by atoms with Crippen LogP contribution in [-0.4, -0.2) is 26.6 Å². The lowest BCUT2D eigenvalue weighted by molar-refractivity contribution is 0.174. The number of benzene rings is 1. The molecule has 0 amide bonds. The summed E-state index contributed by atoms with van der Waals surface area (Å²) in [5, 5.41) is 3.00. The van der Waals surface area contributed by atoms with Crippen LogP contribution in [0.3, 0.4) is 0 Å². The number of ether oxygens (including phenoxy) is 2. The Bertz CT molecular complexity index is 330. The fourth-order valence-corrected chi connectivity index (χ4v) is 1.52. The highest BCUT2D eigenvalue weighted by Gasteiger charge is 2.12. The van der Waals surface area contributed by atoms with Crippen LogP contribution in [-0.2, 0) is 6.42 Å². The van der Waals surface area contributed by atoms with Gasteiger partial charge >= 0.3 is 0 Å². The van der Waals surface area contributed by atoms with Crippen molar-refractivity contribution < 1.29 is 13.9 Å². The second-order valence-electron chi connectivity index (χ2n) is 3.38. The molecule has 0 saturated carbocycles. The van der Waals surface area contributed by atoms with Gasteiger partial charge < -0.3 is 14.8 Å². The molecule has 1 aliphatic rings. The van der Waals surface area contributed by atoms with Crippen LogP contribution in [0.15, 0.2) is 18.2 Å². The minimum Gasteiger partial charge on any atom is -0.454 e. The van der Waals surface area contributed by atoms with Gasteiger partial charge in [-0.2, -0.15) is 0 Å². The van der Waals surface area contributed by atoms with E-state index in [-0.39, 0.29) is 6.67 Å². The van der Waals surface area contributed by atoms with Crippen LogP contribution in [0.25, 0.3) is 0 Å². The molecule has 4 heteroatoms. The zero-order chi connectivity index (χ0) is 10.5. The van der Waals surface area contributed by atoms with Crippen molar-refractivity contribution in [2.24, 2.45) is 0 Å². The highest BCUT2D eigenvalue weighted by molar-refractivity contribution is 5.44. The molecule has 0 fully saturated rings. The monoisotopic (exact) mass is 211 g/mol. The van der Waals surface area contributed by atoms with E-state index in [4.69, 9.17) is 9.47 Å². The average molecular weight is 211 g/mol. The predicted octanol–water partition coefficient (Wildman–Crippen LogP) is 1.52. The van der Waals surface area contributed by atoms with Gasteiger partial charge in [0.15, 0.2) is 11.5 Å². The van der Waals surface area contributed by atoms with Gasteiger partial charge in [-0.15, -0.1) is 0 Å². The molecule has 0 bridgehead atoms. The fraction of sp³-hybridized carbons (Fsp3) is 0.455. The smallest absolute Gasteiger partial charge is 0.231 e. The number of hydrogen-bond acceptors (Lipinski definition) is 3. The molecule has 0 aromatic heterocycles. The summed E-state index contributed by atoms with van der Waals surface area (Å²) in [7, 11) is 0. The third kappa shape index (κ3) is 2.59. The molecular weight excluding hydrogens is 197 g/mol. The first-order chi connectivity index (χ1) is 7.40. The van der Waals surface area contributed by atoms with Crippen molar-refractivity contribution in [2.75, 3.05) is 26.6 Å². The normalized spacial score (nSPS) is 13.1. The molecule has 0 atom stereocenters. The first-order valence-electron chi connectivity index (χ1n) is 5.05. The minimum absolute atomic E-state index is 0.304. The number of alkyl halides is 1. The summed E-state index contributed by atoms with van der Waals surface area (Å²) in [4.78, 5) is 0. The quantitative estimate of drug-likeness (QED) is 0.749. The van der Waals surface area contributed by atoms with Gasteiger partial charge in [0.1, 0.15) is 6.67 Å². The van der Waals surface area contributed by atoms with E-state index in [1.165, 1.54) is 5.56 Å². The lowest BCUT2D eigenvalue weighted by atomic mass is 10.1. The van der Waals surface area contributed by atoms with E-state index >= 15 is 0 Å². The molecule has 0 aliphatic carbocycles. The van der Waals surface area contributed by atoms with Crippen molar-refractivity contribution in [3.8, 4) is 11.5 Å². The van der Waals surface area contributed by atoms with E-state index in [0.717, 1.165) is 24.5 Å². The summed E-state index contributed by atoms with van der Waals surface area (Å²) in [6, 6.07) is 5.89. The molecule has 1 heterocycles. The molecule has 2 rings (SSSR count). The van der Waals surface area contributed by atoms with E-state index in [0.29, 0.717) is 13.3 Å². The summed E-state index contributed by atoms with van der Waals surface area (Å²) in [6.45, 7) is 1.19. The molecule has 0 radical (unpaired) electrons. The number of nitrogens with one attached hydrogen (secondary N) is 1. The van der Waals surface area contributed by atoms with Crippen molar-refractivity contribution in [2.45, 2.75) is 6.42 Å². The van der Waals surface area contributed by atoms with Crippen LogP contribution in [0, 0.1) is 0 Å². The number of rotatable bonds is 5. The number of fused-ring (bicyclic) bond motifs is 1. The molecule has 3 nitrogen and oxygen atoms in total. The maximum atomic E-state index is 11.8. The Labute approximate surface area is 88.2 Å². The molecule has 15 heavy (non-hydrogen) atoms. The van der Waals surface area contributed by atoms with Crippen molar-refractivity contribution in [1.82, 2.24) is 5.32 Å². The van der Waals surface area contributed by atoms with Crippen LogP contribution < -0.4 is 14.8 Å². The highest BCUT2D eigenvalue weighted by atomic mass is 19.1. The van der Waals surface area contributed by atoms with Gasteiger partial charge in [-0.25, -0.2) is 4.39 Å². The van der Waals surface area contributed by atoms with Gasteiger partial charge in [0, 0.05) is 6.54 Å². The van der Waals surface area contributed by atoms with Crippen molar-refractivity contribution in [1.29, 1.82) is 0 Å². The summed E-state index contributed by atoms with van der Waals surface area (Å²) in [5.41, 5.74) is 1.17. The topological polar surface area (TPSA) is 30.5 Å². The predicted molar refractivity (Wildman–Crippen MR) is 55.1 cm³/mol. The molecule has 0 spiro atoms. The maximum absolute atomic E-state index is 11.8. The van der Waals surface area contributed by atoms with E-state index in [1.807, 2.05) is 18.2 Å². The average Bonchev–Trinajstić information content (AvgIpc) is 2.71. The second-order valence-corrected chi connectivity index (χ2v) is 3.38. The molecule has 1 aromatic carbocycles. The Morgan fingerprint density at radius 1 is 1.20 bits per heavy atom. The molecule has 0 unspecified atom stereocenters. The van der Waals surface area contributed by atoms with Gasteiger partial charge in [0.05, 0.1) is 0 Å². The largest absolute Gasteiger partial charge is 0.454 e. The minimum atomic E-state index is -0.318. The van der Waals surface area contributed by atoms with Crippen molar-refractivity contribution in [3.63, 3.8) is 0 Å². The second kappa shape index (κ2) is 4.98. The van der Waals surface area contributed by atoms with Gasteiger partial charge in [-0.05, 0) is 30.7 Å². The Morgan fingerprint density at radius 3 is 2.93 bits per heavy atom. The summed E-state index contributed by atoms with van der Waals surface area (Å²) in [5.74, 6) is 1.61. The molecule has 1 aromatic rings. The lowest BCUT2D eigenvalue weighted by Gasteiger charge is -2.03. The Kier molecular flexibility index (Phi) is 3.40. The van der Waals surface area contributed by atoms with Crippen molar-refractivity contribution >= 4 is 0 Å². The summed E-state index contributed by atoms with van der Waals surface area (Å²) < 4.78 is 22.3. The van der Waals surface area contributed by atoms with Gasteiger partial charge in [0.25, 0.3) is 0 Å². The SMILES string of the molecule is FCCNCCc1ccc2c(c1)OCO2. The zero-order valence-corrected chi connectivity index (χ0v) is 8.46. The Morgan fingerprint density at radius 2 is 2.07 bits per heavy atom. The van der Waals surface area contributed by atoms with Gasteiger partial charge in [-0.3, -0.25) is 0 Å². The van der Waals surface area contributed by atoms with E-state index in [9.17, 15) is 4.39 Å². The molecule has 82 valence electrons. The lowest BCUT2D eigenvalue weighted by Crippen LogP contribution is -2.19. The highest BCUT2D eigenvalue weighted by Crippen LogP contribution is 2.32. The Balaban J connectivity index is 1.87. The van der Waals surface area contributed by atoms with E-state index < -0.39 is 0 Å². The van der Waals surface area contributed by atoms with Gasteiger partial charge in [-0.1, -0.05) is 6.07 Å². The molecule has 1 aliphatic heterocycles. The summed E-state index contributed by atoms with van der Waals surface area (Å²) in [6.07, 6.45) is 0.872. The molecular formula is C11H14FNO2. The third-order valence-electron chi connectivity index (χ3n) is 2.30. The maximum Gasteiger partial charge on any atom is 0.231 e. The van der Waals surface area contributed by atoms with Crippen LogP contribution in [0.2, 0.25) is 0 Å². The molecule has 1 N–H and O–H groups in total. The van der Waals surface area contributed by atoms with Crippen LogP contribution >= 0.6 is 0 Å². The number of halogens is 1. The first-order valence-corrected chi connectivity index (χ1v) is 5.05.